The molecule has 0 unspecified atom stereocenters. The van der Waals surface area contributed by atoms with Gasteiger partial charge in [-0.05, 0) is 86.9 Å². The average molecular weight is 402 g/mol. The van der Waals surface area contributed by atoms with E-state index in [-0.39, 0.29) is 5.91 Å². The van der Waals surface area contributed by atoms with Crippen molar-refractivity contribution in [2.75, 3.05) is 31.5 Å². The Morgan fingerprint density at radius 2 is 1.70 bits per heavy atom. The van der Waals surface area contributed by atoms with Gasteiger partial charge in [-0.3, -0.25) is 4.79 Å². The Kier molecular flexibility index (Phi) is 6.77. The second-order valence-electron chi connectivity index (χ2n) is 8.23. The maximum absolute atomic E-state index is 12.8. The van der Waals surface area contributed by atoms with Crippen molar-refractivity contribution in [1.82, 2.24) is 10.6 Å². The van der Waals surface area contributed by atoms with Crippen LogP contribution in [0.5, 0.6) is 0 Å². The molecular formula is C26H31N3O. The van der Waals surface area contributed by atoms with Gasteiger partial charge in [-0.2, -0.15) is 0 Å². The highest BCUT2D eigenvalue weighted by Crippen LogP contribution is 2.27. The quantitative estimate of drug-likeness (QED) is 0.510. The fraction of sp³-hybridized carbons (Fsp3) is 0.346. The maximum Gasteiger partial charge on any atom is 0.255 e. The Morgan fingerprint density at radius 1 is 0.967 bits per heavy atom. The van der Waals surface area contributed by atoms with Crippen LogP contribution in [-0.4, -0.2) is 32.1 Å². The summed E-state index contributed by atoms with van der Waals surface area (Å²) in [6, 6.07) is 20.2. The van der Waals surface area contributed by atoms with Gasteiger partial charge in [0.1, 0.15) is 0 Å². The predicted octanol–water partition coefficient (Wildman–Crippen LogP) is 4.53. The Labute approximate surface area is 179 Å². The first kappa shape index (κ1) is 20.6. The van der Waals surface area contributed by atoms with Crippen LogP contribution < -0.4 is 16.0 Å². The van der Waals surface area contributed by atoms with Crippen molar-refractivity contribution in [3.05, 3.63) is 77.4 Å². The van der Waals surface area contributed by atoms with Crippen molar-refractivity contribution < 1.29 is 4.79 Å². The highest BCUT2D eigenvalue weighted by atomic mass is 16.1. The van der Waals surface area contributed by atoms with E-state index in [9.17, 15) is 4.79 Å². The summed E-state index contributed by atoms with van der Waals surface area (Å²) in [5.41, 5.74) is 3.88. The number of carbonyl (C=O) groups is 1. The van der Waals surface area contributed by atoms with Gasteiger partial charge in [-0.15, -0.1) is 0 Å². The molecule has 3 aromatic rings. The molecule has 4 heteroatoms. The molecule has 4 nitrogen and oxygen atoms in total. The summed E-state index contributed by atoms with van der Waals surface area (Å²) in [5, 5.41) is 12.5. The van der Waals surface area contributed by atoms with Gasteiger partial charge in [0.05, 0.1) is 0 Å². The number of piperidine rings is 1. The predicted molar refractivity (Wildman–Crippen MR) is 125 cm³/mol. The van der Waals surface area contributed by atoms with Gasteiger partial charge in [0.15, 0.2) is 0 Å². The molecule has 1 fully saturated rings. The number of carbonyl (C=O) groups excluding carboxylic acids is 1. The Bertz CT molecular complexity index is 1010. The van der Waals surface area contributed by atoms with E-state index in [1.165, 1.54) is 23.8 Å². The van der Waals surface area contributed by atoms with Gasteiger partial charge in [0, 0.05) is 16.6 Å². The number of anilines is 1. The lowest BCUT2D eigenvalue weighted by molar-refractivity contribution is 0.102. The second kappa shape index (κ2) is 9.88. The Balaban J connectivity index is 1.45. The molecule has 1 amide bonds. The van der Waals surface area contributed by atoms with E-state index >= 15 is 0 Å². The third-order valence-corrected chi connectivity index (χ3v) is 6.12. The minimum absolute atomic E-state index is 0.0605. The van der Waals surface area contributed by atoms with Crippen molar-refractivity contribution in [3.63, 3.8) is 0 Å². The zero-order valence-corrected chi connectivity index (χ0v) is 17.7. The molecule has 30 heavy (non-hydrogen) atoms. The van der Waals surface area contributed by atoms with Gasteiger partial charge in [-0.25, -0.2) is 0 Å². The number of amides is 1. The van der Waals surface area contributed by atoms with Crippen LogP contribution in [0.15, 0.2) is 60.7 Å². The molecule has 0 atom stereocenters. The van der Waals surface area contributed by atoms with Crippen LogP contribution in [0.3, 0.4) is 0 Å². The van der Waals surface area contributed by atoms with E-state index in [0.717, 1.165) is 55.2 Å². The molecule has 3 N–H and O–H groups in total. The monoisotopic (exact) mass is 401 g/mol. The lowest BCUT2D eigenvalue weighted by atomic mass is 9.97. The van der Waals surface area contributed by atoms with E-state index in [1.54, 1.807) is 0 Å². The average Bonchev–Trinajstić information content (AvgIpc) is 2.79. The summed E-state index contributed by atoms with van der Waals surface area (Å²) in [7, 11) is 0. The number of nitrogens with one attached hydrogen (secondary N) is 3. The van der Waals surface area contributed by atoms with Crippen LogP contribution in [0.4, 0.5) is 5.69 Å². The molecular weight excluding hydrogens is 370 g/mol. The van der Waals surface area contributed by atoms with Gasteiger partial charge in [0.2, 0.25) is 0 Å². The fourth-order valence-corrected chi connectivity index (χ4v) is 4.32. The summed E-state index contributed by atoms with van der Waals surface area (Å²) >= 11 is 0. The second-order valence-corrected chi connectivity index (χ2v) is 8.23. The number of fused-ring (bicyclic) bond motifs is 1. The van der Waals surface area contributed by atoms with Crippen LogP contribution >= 0.6 is 0 Å². The minimum Gasteiger partial charge on any atom is -0.321 e. The van der Waals surface area contributed by atoms with Crippen molar-refractivity contribution in [1.29, 1.82) is 0 Å². The smallest absolute Gasteiger partial charge is 0.255 e. The first-order chi connectivity index (χ1) is 14.7. The van der Waals surface area contributed by atoms with Gasteiger partial charge < -0.3 is 16.0 Å². The molecule has 0 aromatic heterocycles. The van der Waals surface area contributed by atoms with Crippen LogP contribution in [0.2, 0.25) is 0 Å². The molecule has 1 heterocycles. The van der Waals surface area contributed by atoms with Crippen LogP contribution in [-0.2, 0) is 6.42 Å². The number of hydrogen-bond acceptors (Lipinski definition) is 3. The highest BCUT2D eigenvalue weighted by Gasteiger charge is 2.13. The van der Waals surface area contributed by atoms with Gasteiger partial charge in [0.25, 0.3) is 5.91 Å². The van der Waals surface area contributed by atoms with E-state index in [1.807, 2.05) is 43.3 Å². The fourth-order valence-electron chi connectivity index (χ4n) is 4.32. The van der Waals surface area contributed by atoms with E-state index in [2.05, 4.69) is 40.2 Å². The molecule has 1 saturated heterocycles. The molecule has 156 valence electrons. The molecule has 0 radical (unpaired) electrons. The Morgan fingerprint density at radius 3 is 2.50 bits per heavy atom. The van der Waals surface area contributed by atoms with E-state index in [0.29, 0.717) is 5.56 Å². The normalized spacial score (nSPS) is 14.7. The van der Waals surface area contributed by atoms with Crippen molar-refractivity contribution in [3.8, 4) is 0 Å². The van der Waals surface area contributed by atoms with E-state index in [4.69, 9.17) is 0 Å². The number of benzene rings is 3. The Hall–Kier alpha value is -2.69. The number of aryl methyl sites for hydroxylation is 1. The maximum atomic E-state index is 12.8. The summed E-state index contributed by atoms with van der Waals surface area (Å²) in [4.78, 5) is 12.8. The third-order valence-electron chi connectivity index (χ3n) is 6.12. The minimum atomic E-state index is -0.0605. The van der Waals surface area contributed by atoms with Crippen molar-refractivity contribution in [2.45, 2.75) is 26.2 Å². The third kappa shape index (κ3) is 4.89. The topological polar surface area (TPSA) is 53.2 Å². The summed E-state index contributed by atoms with van der Waals surface area (Å²) < 4.78 is 0. The molecule has 3 aromatic carbocycles. The standard InChI is InChI=1S/C26H31N3O/c1-19-6-2-3-7-22(19)26(30)29-25-11-10-21(23-8-4-5-9-24(23)25)14-17-28-18-20-12-15-27-16-13-20/h2-11,20,27-28H,12-18H2,1H3,(H,29,30). The SMILES string of the molecule is Cc1ccccc1C(=O)Nc1ccc(CCNCC2CCNCC2)c2ccccc12. The summed E-state index contributed by atoms with van der Waals surface area (Å²) in [5.74, 6) is 0.733. The lowest BCUT2D eigenvalue weighted by Gasteiger charge is -2.22. The van der Waals surface area contributed by atoms with E-state index < -0.39 is 0 Å². The first-order valence-corrected chi connectivity index (χ1v) is 11.0. The van der Waals surface area contributed by atoms with Crippen molar-refractivity contribution >= 4 is 22.4 Å². The summed E-state index contributed by atoms with van der Waals surface area (Å²) in [6.07, 6.45) is 3.52. The molecule has 0 aliphatic carbocycles. The van der Waals surface area contributed by atoms with Crippen LogP contribution in [0.25, 0.3) is 10.8 Å². The highest BCUT2D eigenvalue weighted by molar-refractivity contribution is 6.10. The zero-order valence-electron chi connectivity index (χ0n) is 17.7. The number of rotatable bonds is 7. The van der Waals surface area contributed by atoms with Gasteiger partial charge in [-0.1, -0.05) is 48.5 Å². The molecule has 4 rings (SSSR count). The molecule has 0 saturated carbocycles. The molecule has 1 aliphatic heterocycles. The molecule has 1 aliphatic rings. The summed E-state index contributed by atoms with van der Waals surface area (Å²) in [6.45, 7) is 6.33. The molecule has 0 spiro atoms. The van der Waals surface area contributed by atoms with Crippen LogP contribution in [0, 0.1) is 12.8 Å². The van der Waals surface area contributed by atoms with Crippen molar-refractivity contribution in [2.24, 2.45) is 5.92 Å². The number of hydrogen-bond donors (Lipinski definition) is 3. The van der Waals surface area contributed by atoms with Crippen LogP contribution in [0.1, 0.15) is 34.3 Å². The zero-order chi connectivity index (χ0) is 20.8. The lowest BCUT2D eigenvalue weighted by Crippen LogP contribution is -2.34. The molecule has 0 bridgehead atoms. The largest absolute Gasteiger partial charge is 0.321 e. The van der Waals surface area contributed by atoms with Gasteiger partial charge >= 0.3 is 0 Å². The first-order valence-electron chi connectivity index (χ1n) is 11.0.